The summed E-state index contributed by atoms with van der Waals surface area (Å²) in [7, 11) is 2.11. The van der Waals surface area contributed by atoms with Crippen LogP contribution in [0.2, 0.25) is 0 Å². The molecule has 1 fully saturated rings. The Morgan fingerprint density at radius 1 is 1.40 bits per heavy atom. The van der Waals surface area contributed by atoms with Gasteiger partial charge in [-0.3, -0.25) is 4.79 Å². The normalized spacial score (nSPS) is 17.8. The van der Waals surface area contributed by atoms with Crippen LogP contribution in [-0.4, -0.2) is 37.0 Å². The molecule has 4 heteroatoms. The summed E-state index contributed by atoms with van der Waals surface area (Å²) < 4.78 is 0. The fraction of sp³-hybridized carbons (Fsp3) is 0.562. The van der Waals surface area contributed by atoms with Crippen molar-refractivity contribution in [1.82, 2.24) is 10.2 Å². The molecule has 0 heterocycles. The van der Waals surface area contributed by atoms with E-state index in [0.717, 1.165) is 18.2 Å². The highest BCUT2D eigenvalue weighted by atomic mass is 16.1. The van der Waals surface area contributed by atoms with Crippen molar-refractivity contribution in [1.29, 1.82) is 0 Å². The third-order valence-electron chi connectivity index (χ3n) is 4.07. The van der Waals surface area contributed by atoms with Gasteiger partial charge in [0, 0.05) is 25.2 Å². The molecule has 4 nitrogen and oxygen atoms in total. The molecular weight excluding hydrogens is 250 g/mol. The van der Waals surface area contributed by atoms with Crippen molar-refractivity contribution in [2.24, 2.45) is 11.7 Å². The van der Waals surface area contributed by atoms with Crippen molar-refractivity contribution in [2.45, 2.75) is 31.8 Å². The monoisotopic (exact) mass is 275 g/mol. The Kier molecular flexibility index (Phi) is 5.15. The second-order valence-electron chi connectivity index (χ2n) is 5.73. The van der Waals surface area contributed by atoms with Crippen LogP contribution in [0.5, 0.6) is 0 Å². The summed E-state index contributed by atoms with van der Waals surface area (Å²) in [5.41, 5.74) is 7.16. The first-order chi connectivity index (χ1) is 9.59. The maximum absolute atomic E-state index is 12.1. The molecule has 0 bridgehead atoms. The van der Waals surface area contributed by atoms with E-state index in [9.17, 15) is 4.79 Å². The number of benzene rings is 1. The van der Waals surface area contributed by atoms with E-state index in [0.29, 0.717) is 6.54 Å². The van der Waals surface area contributed by atoms with Crippen LogP contribution in [0.25, 0.3) is 0 Å². The summed E-state index contributed by atoms with van der Waals surface area (Å²) >= 11 is 0. The molecule has 110 valence electrons. The molecule has 0 spiro atoms. The SMILES string of the molecule is CC(C(=O)NCCN(C)C1CC1)C(N)c1ccccc1. The topological polar surface area (TPSA) is 58.4 Å². The van der Waals surface area contributed by atoms with E-state index in [4.69, 9.17) is 5.73 Å². The Bertz CT molecular complexity index is 431. The van der Waals surface area contributed by atoms with Gasteiger partial charge < -0.3 is 16.0 Å². The van der Waals surface area contributed by atoms with Crippen LogP contribution in [0.15, 0.2) is 30.3 Å². The van der Waals surface area contributed by atoms with Crippen molar-refractivity contribution in [3.63, 3.8) is 0 Å². The van der Waals surface area contributed by atoms with Gasteiger partial charge in [0.1, 0.15) is 0 Å². The predicted octanol–water partition coefficient (Wildman–Crippen LogP) is 1.53. The second kappa shape index (κ2) is 6.86. The lowest BCUT2D eigenvalue weighted by atomic mass is 9.95. The zero-order chi connectivity index (χ0) is 14.5. The average molecular weight is 275 g/mol. The molecule has 0 aliphatic heterocycles. The van der Waals surface area contributed by atoms with E-state index < -0.39 is 0 Å². The number of hydrogen-bond donors (Lipinski definition) is 2. The molecule has 1 aromatic carbocycles. The molecule has 0 saturated heterocycles. The van der Waals surface area contributed by atoms with Gasteiger partial charge >= 0.3 is 0 Å². The first kappa shape index (κ1) is 15.0. The summed E-state index contributed by atoms with van der Waals surface area (Å²) in [5, 5.41) is 2.99. The Balaban J connectivity index is 1.76. The van der Waals surface area contributed by atoms with Crippen molar-refractivity contribution in [2.75, 3.05) is 20.1 Å². The minimum atomic E-state index is -0.252. The minimum absolute atomic E-state index is 0.0329. The third-order valence-corrected chi connectivity index (χ3v) is 4.07. The Morgan fingerprint density at radius 3 is 2.65 bits per heavy atom. The number of amides is 1. The van der Waals surface area contributed by atoms with Gasteiger partial charge in [0.15, 0.2) is 0 Å². The Morgan fingerprint density at radius 2 is 2.05 bits per heavy atom. The van der Waals surface area contributed by atoms with Crippen LogP contribution >= 0.6 is 0 Å². The van der Waals surface area contributed by atoms with Crippen molar-refractivity contribution >= 4 is 5.91 Å². The number of nitrogens with zero attached hydrogens (tertiary/aromatic N) is 1. The highest BCUT2D eigenvalue weighted by molar-refractivity contribution is 5.79. The molecular formula is C16H25N3O. The third kappa shape index (κ3) is 4.05. The molecule has 1 aliphatic carbocycles. The van der Waals surface area contributed by atoms with E-state index in [1.165, 1.54) is 12.8 Å². The van der Waals surface area contributed by atoms with Gasteiger partial charge in [0.05, 0.1) is 5.92 Å². The molecule has 2 rings (SSSR count). The van der Waals surface area contributed by atoms with Crippen LogP contribution in [0.1, 0.15) is 31.4 Å². The predicted molar refractivity (Wildman–Crippen MR) is 81.2 cm³/mol. The fourth-order valence-corrected chi connectivity index (χ4v) is 2.34. The molecule has 20 heavy (non-hydrogen) atoms. The van der Waals surface area contributed by atoms with E-state index >= 15 is 0 Å². The first-order valence-electron chi connectivity index (χ1n) is 7.38. The number of carbonyl (C=O) groups is 1. The Labute approximate surface area is 121 Å². The number of likely N-dealkylation sites (N-methyl/N-ethyl adjacent to an activating group) is 1. The number of nitrogens with one attached hydrogen (secondary N) is 1. The van der Waals surface area contributed by atoms with Crippen LogP contribution in [-0.2, 0) is 4.79 Å². The van der Waals surface area contributed by atoms with Crippen molar-refractivity contribution in [3.05, 3.63) is 35.9 Å². The highest BCUT2D eigenvalue weighted by Crippen LogP contribution is 2.24. The zero-order valence-electron chi connectivity index (χ0n) is 12.4. The Hall–Kier alpha value is -1.39. The number of nitrogens with two attached hydrogens (primary N) is 1. The van der Waals surface area contributed by atoms with Crippen LogP contribution in [0.4, 0.5) is 0 Å². The summed E-state index contributed by atoms with van der Waals surface area (Å²) in [6.45, 7) is 3.49. The highest BCUT2D eigenvalue weighted by Gasteiger charge is 2.26. The molecule has 2 atom stereocenters. The smallest absolute Gasteiger partial charge is 0.224 e. The molecule has 0 radical (unpaired) electrons. The standard InChI is InChI=1S/C16H25N3O/c1-12(15(17)13-6-4-3-5-7-13)16(20)18-10-11-19(2)14-8-9-14/h3-7,12,14-15H,8-11,17H2,1-2H3,(H,18,20). The maximum Gasteiger partial charge on any atom is 0.224 e. The summed E-state index contributed by atoms with van der Waals surface area (Å²) in [5.74, 6) is -0.186. The molecule has 1 aromatic rings. The van der Waals surface area contributed by atoms with Gasteiger partial charge in [-0.1, -0.05) is 37.3 Å². The summed E-state index contributed by atoms with van der Waals surface area (Å²) in [4.78, 5) is 14.4. The molecule has 1 aliphatic rings. The molecule has 1 saturated carbocycles. The minimum Gasteiger partial charge on any atom is -0.355 e. The zero-order valence-corrected chi connectivity index (χ0v) is 12.4. The molecule has 1 amide bonds. The number of carbonyl (C=O) groups excluding carboxylic acids is 1. The first-order valence-corrected chi connectivity index (χ1v) is 7.38. The number of rotatable bonds is 7. The average Bonchev–Trinajstić information content (AvgIpc) is 3.31. The van der Waals surface area contributed by atoms with E-state index in [2.05, 4.69) is 17.3 Å². The van der Waals surface area contributed by atoms with Gasteiger partial charge in [-0.25, -0.2) is 0 Å². The van der Waals surface area contributed by atoms with Crippen LogP contribution in [0, 0.1) is 5.92 Å². The van der Waals surface area contributed by atoms with E-state index in [1.54, 1.807) is 0 Å². The van der Waals surface area contributed by atoms with Crippen LogP contribution < -0.4 is 11.1 Å². The largest absolute Gasteiger partial charge is 0.355 e. The fourth-order valence-electron chi connectivity index (χ4n) is 2.34. The molecule has 2 unspecified atom stereocenters. The van der Waals surface area contributed by atoms with E-state index in [1.807, 2.05) is 37.3 Å². The molecule has 3 N–H and O–H groups in total. The van der Waals surface area contributed by atoms with Gasteiger partial charge in [0.25, 0.3) is 0 Å². The summed E-state index contributed by atoms with van der Waals surface area (Å²) in [6.07, 6.45) is 2.58. The number of hydrogen-bond acceptors (Lipinski definition) is 3. The lowest BCUT2D eigenvalue weighted by molar-refractivity contribution is -0.125. The lowest BCUT2D eigenvalue weighted by Gasteiger charge is -2.21. The van der Waals surface area contributed by atoms with Crippen molar-refractivity contribution in [3.8, 4) is 0 Å². The van der Waals surface area contributed by atoms with E-state index in [-0.39, 0.29) is 17.9 Å². The van der Waals surface area contributed by atoms with Gasteiger partial charge in [-0.05, 0) is 25.5 Å². The summed E-state index contributed by atoms with van der Waals surface area (Å²) in [6, 6.07) is 10.3. The second-order valence-corrected chi connectivity index (χ2v) is 5.73. The van der Waals surface area contributed by atoms with Gasteiger partial charge in [-0.15, -0.1) is 0 Å². The van der Waals surface area contributed by atoms with Gasteiger partial charge in [-0.2, -0.15) is 0 Å². The lowest BCUT2D eigenvalue weighted by Crippen LogP contribution is -2.39. The quantitative estimate of drug-likeness (QED) is 0.793. The molecule has 0 aromatic heterocycles. The van der Waals surface area contributed by atoms with Gasteiger partial charge in [0.2, 0.25) is 5.91 Å². The maximum atomic E-state index is 12.1. The van der Waals surface area contributed by atoms with Crippen LogP contribution in [0.3, 0.4) is 0 Å². The van der Waals surface area contributed by atoms with Crippen molar-refractivity contribution < 1.29 is 4.79 Å².